The van der Waals surface area contributed by atoms with Crippen molar-refractivity contribution in [2.24, 2.45) is 0 Å². The molecule has 1 nitrogen and oxygen atoms in total. The maximum atomic E-state index is 11.9. The van der Waals surface area contributed by atoms with Crippen molar-refractivity contribution in [3.63, 3.8) is 0 Å². The molecule has 2 heteroatoms. The zero-order valence-corrected chi connectivity index (χ0v) is 21.1. The van der Waals surface area contributed by atoms with Gasteiger partial charge in [-0.1, -0.05) is 134 Å². The molecule has 0 N–H and O–H groups in total. The molecule has 1 aliphatic carbocycles. The third kappa shape index (κ3) is 19.3. The van der Waals surface area contributed by atoms with Crippen molar-refractivity contribution in [2.75, 3.05) is 0 Å². The molecule has 0 amide bonds. The van der Waals surface area contributed by atoms with Crippen molar-refractivity contribution >= 4 is 0 Å². The Labute approximate surface area is 204 Å². The van der Waals surface area contributed by atoms with Crippen LogP contribution in [0.3, 0.4) is 0 Å². The second-order valence-corrected chi connectivity index (χ2v) is 8.61. The van der Waals surface area contributed by atoms with E-state index in [0.29, 0.717) is 5.76 Å². The van der Waals surface area contributed by atoms with E-state index in [0.717, 1.165) is 18.4 Å². The number of unbranched alkanes of at least 4 members (excludes halogenated alkanes) is 15. The molecule has 1 aromatic carbocycles. The van der Waals surface area contributed by atoms with Gasteiger partial charge in [0.15, 0.2) is 0 Å². The van der Waals surface area contributed by atoms with Gasteiger partial charge in [0.25, 0.3) is 0 Å². The Morgan fingerprint density at radius 2 is 1.03 bits per heavy atom. The van der Waals surface area contributed by atoms with Gasteiger partial charge in [-0.05, 0) is 12.0 Å². The molecule has 0 spiro atoms. The SMILES string of the molecule is CCCCCCCCCCCCCCCCCCC([O-])=C1C=CC=C1.[Fe+2].c1cc[cH-]c1. The number of allylic oxidation sites excluding steroid dienone is 6. The minimum atomic E-state index is 0. The smallest absolute Gasteiger partial charge is 0.875 e. The maximum absolute atomic E-state index is 11.9. The summed E-state index contributed by atoms with van der Waals surface area (Å²) in [5.41, 5.74) is 0.890. The van der Waals surface area contributed by atoms with E-state index in [1.165, 1.54) is 96.3 Å². The van der Waals surface area contributed by atoms with Gasteiger partial charge >= 0.3 is 17.1 Å². The van der Waals surface area contributed by atoms with Gasteiger partial charge in [0, 0.05) is 0 Å². The molecule has 1 aromatic rings. The first-order valence-electron chi connectivity index (χ1n) is 12.8. The van der Waals surface area contributed by atoms with E-state index in [2.05, 4.69) is 6.92 Å². The van der Waals surface area contributed by atoms with Gasteiger partial charge in [-0.3, -0.25) is 0 Å². The Hall–Kier alpha value is -1.11. The molecule has 0 aliphatic heterocycles. The van der Waals surface area contributed by atoms with Gasteiger partial charge in [-0.2, -0.15) is 18.2 Å². The van der Waals surface area contributed by atoms with E-state index in [-0.39, 0.29) is 17.1 Å². The van der Waals surface area contributed by atoms with Crippen molar-refractivity contribution < 1.29 is 22.2 Å². The molecule has 2 rings (SSSR count). The maximum Gasteiger partial charge on any atom is 2.00 e. The van der Waals surface area contributed by atoms with Gasteiger partial charge in [-0.15, -0.1) is 5.76 Å². The van der Waals surface area contributed by atoms with E-state index < -0.39 is 0 Å². The van der Waals surface area contributed by atoms with E-state index >= 15 is 0 Å². The van der Waals surface area contributed by atoms with Crippen LogP contribution in [0.25, 0.3) is 0 Å². The Morgan fingerprint density at radius 3 is 1.39 bits per heavy atom. The van der Waals surface area contributed by atoms with Gasteiger partial charge in [0.2, 0.25) is 0 Å². The molecule has 0 aromatic heterocycles. The summed E-state index contributed by atoms with van der Waals surface area (Å²) in [6.45, 7) is 2.28. The Kier molecular flexibility index (Phi) is 22.7. The van der Waals surface area contributed by atoms with E-state index in [1.807, 2.05) is 54.6 Å². The molecule has 0 radical (unpaired) electrons. The molecule has 0 saturated heterocycles. The number of hydrogen-bond acceptors (Lipinski definition) is 1. The molecular weight excluding hydrogens is 420 g/mol. The fourth-order valence-corrected chi connectivity index (χ4v) is 3.86. The van der Waals surface area contributed by atoms with Crippen molar-refractivity contribution in [3.05, 3.63) is 66.0 Å². The summed E-state index contributed by atoms with van der Waals surface area (Å²) in [6, 6.07) is 10.0. The van der Waals surface area contributed by atoms with Gasteiger partial charge in [-0.25, -0.2) is 12.1 Å². The molecule has 0 bridgehead atoms. The first kappa shape index (κ1) is 29.9. The van der Waals surface area contributed by atoms with Crippen LogP contribution in [-0.2, 0) is 17.1 Å². The molecule has 31 heavy (non-hydrogen) atoms. The zero-order valence-electron chi connectivity index (χ0n) is 20.0. The second-order valence-electron chi connectivity index (χ2n) is 8.61. The van der Waals surface area contributed by atoms with Crippen molar-refractivity contribution in [1.29, 1.82) is 0 Å². The van der Waals surface area contributed by atoms with Crippen LogP contribution in [0.2, 0.25) is 0 Å². The average Bonchev–Trinajstić information content (AvgIpc) is 3.50. The fourth-order valence-electron chi connectivity index (χ4n) is 3.86. The summed E-state index contributed by atoms with van der Waals surface area (Å²) in [4.78, 5) is 0. The van der Waals surface area contributed by atoms with Crippen LogP contribution >= 0.6 is 0 Å². The molecule has 0 heterocycles. The van der Waals surface area contributed by atoms with Crippen LogP contribution in [0.1, 0.15) is 116 Å². The predicted molar refractivity (Wildman–Crippen MR) is 132 cm³/mol. The number of rotatable bonds is 17. The normalized spacial score (nSPS) is 11.8. The van der Waals surface area contributed by atoms with Crippen LogP contribution in [-0.4, -0.2) is 0 Å². The first-order chi connectivity index (χ1) is 14.8. The van der Waals surface area contributed by atoms with Gasteiger partial charge in [0.05, 0.1) is 0 Å². The minimum absolute atomic E-state index is 0. The van der Waals surface area contributed by atoms with Crippen LogP contribution < -0.4 is 5.11 Å². The topological polar surface area (TPSA) is 23.1 Å². The second kappa shape index (κ2) is 23.6. The number of hydrogen-bond donors (Lipinski definition) is 0. The van der Waals surface area contributed by atoms with Crippen LogP contribution in [0.4, 0.5) is 0 Å². The fraction of sp³-hybridized carbons (Fsp3) is 0.621. The van der Waals surface area contributed by atoms with Crippen molar-refractivity contribution in [3.8, 4) is 0 Å². The van der Waals surface area contributed by atoms with E-state index in [1.54, 1.807) is 0 Å². The third-order valence-electron chi connectivity index (χ3n) is 5.80. The zero-order chi connectivity index (χ0) is 21.5. The monoisotopic (exact) mass is 466 g/mol. The summed E-state index contributed by atoms with van der Waals surface area (Å²) < 4.78 is 0. The Bertz CT molecular complexity index is 522. The quantitative estimate of drug-likeness (QED) is 0.0974. The van der Waals surface area contributed by atoms with Crippen molar-refractivity contribution in [2.45, 2.75) is 116 Å². The first-order valence-corrected chi connectivity index (χ1v) is 12.8. The summed E-state index contributed by atoms with van der Waals surface area (Å²) in [5, 5.41) is 11.9. The van der Waals surface area contributed by atoms with E-state index in [9.17, 15) is 5.11 Å². The van der Waals surface area contributed by atoms with Crippen LogP contribution in [0, 0.1) is 0 Å². The van der Waals surface area contributed by atoms with Crippen LogP contribution in [0.5, 0.6) is 0 Å². The van der Waals surface area contributed by atoms with Crippen LogP contribution in [0.15, 0.2) is 66.0 Å². The molecule has 0 saturated carbocycles. The predicted octanol–water partition coefficient (Wildman–Crippen LogP) is 8.78. The average molecular weight is 467 g/mol. The van der Waals surface area contributed by atoms with Gasteiger partial charge < -0.3 is 5.11 Å². The van der Waals surface area contributed by atoms with E-state index in [4.69, 9.17) is 0 Å². The molecule has 176 valence electrons. The van der Waals surface area contributed by atoms with Gasteiger partial charge in [0.1, 0.15) is 0 Å². The molecular formula is C29H46FeO. The summed E-state index contributed by atoms with van der Waals surface area (Å²) >= 11 is 0. The Morgan fingerprint density at radius 1 is 0.645 bits per heavy atom. The molecule has 0 atom stereocenters. The molecule has 0 unspecified atom stereocenters. The summed E-state index contributed by atoms with van der Waals surface area (Å²) in [6.07, 6.45) is 30.5. The minimum Gasteiger partial charge on any atom is -0.875 e. The largest absolute Gasteiger partial charge is 2.00 e. The summed E-state index contributed by atoms with van der Waals surface area (Å²) in [5.74, 6) is 0.315. The van der Waals surface area contributed by atoms with Crippen molar-refractivity contribution in [1.82, 2.24) is 0 Å². The Balaban J connectivity index is 0.00000131. The molecule has 0 fully saturated rings. The summed E-state index contributed by atoms with van der Waals surface area (Å²) in [7, 11) is 0. The third-order valence-corrected chi connectivity index (χ3v) is 5.80. The molecule has 1 aliphatic rings. The standard InChI is InChI=1S/C24H42O.C5H5.Fe/c1-2-3-4-5-6-7-8-9-10-11-12-13-14-15-16-17-22-24(25)23-20-18-19-21-23;1-2-4-5-3-1;/h18-21,25H,2-17,22H2,1H3;1-5H;/q;-1;+2/p-1.